The van der Waals surface area contributed by atoms with Crippen LogP contribution in [0.5, 0.6) is 0 Å². The van der Waals surface area contributed by atoms with E-state index in [1.165, 1.54) is 0 Å². The number of ether oxygens (including phenoxy) is 1. The summed E-state index contributed by atoms with van der Waals surface area (Å²) in [5.41, 5.74) is -0.285. The van der Waals surface area contributed by atoms with Crippen LogP contribution in [0.2, 0.25) is 0 Å². The largest absolute Gasteiger partial charge is 0.465 e. The zero-order chi connectivity index (χ0) is 12.6. The van der Waals surface area contributed by atoms with Crippen molar-refractivity contribution in [3.05, 3.63) is 0 Å². The number of rotatable bonds is 2. The van der Waals surface area contributed by atoms with E-state index in [9.17, 15) is 4.79 Å². The average Bonchev–Trinajstić information content (AvgIpc) is 2.23. The van der Waals surface area contributed by atoms with Crippen molar-refractivity contribution in [1.82, 2.24) is 4.90 Å². The minimum atomic E-state index is -0.285. The Balaban J connectivity index is 2.02. The fourth-order valence-corrected chi connectivity index (χ4v) is 3.43. The Labute approximate surface area is 105 Å². The van der Waals surface area contributed by atoms with Crippen molar-refractivity contribution in [2.45, 2.75) is 34.1 Å². The van der Waals surface area contributed by atoms with Gasteiger partial charge in [0.25, 0.3) is 0 Å². The van der Waals surface area contributed by atoms with Crippen LogP contribution < -0.4 is 0 Å². The average molecular weight is 239 g/mol. The predicted molar refractivity (Wildman–Crippen MR) is 67.6 cm³/mol. The summed E-state index contributed by atoms with van der Waals surface area (Å²) in [4.78, 5) is 14.3. The summed E-state index contributed by atoms with van der Waals surface area (Å²) in [5, 5.41) is 0. The second-order valence-corrected chi connectivity index (χ2v) is 6.63. The van der Waals surface area contributed by atoms with Crippen LogP contribution in [-0.4, -0.2) is 37.1 Å². The maximum atomic E-state index is 11.8. The van der Waals surface area contributed by atoms with Gasteiger partial charge in [-0.05, 0) is 38.6 Å². The number of carbonyl (C=O) groups excluding carboxylic acids is 1. The Kier molecular flexibility index (Phi) is 3.48. The van der Waals surface area contributed by atoms with Crippen LogP contribution in [0.15, 0.2) is 0 Å². The molecule has 2 fully saturated rings. The third-order valence-electron chi connectivity index (χ3n) is 4.32. The molecule has 0 bridgehead atoms. The smallest absolute Gasteiger partial charge is 0.311 e. The molecular formula is C14H25NO2. The fraction of sp³-hybridized carbons (Fsp3) is 0.929. The monoisotopic (exact) mass is 239 g/mol. The Hall–Kier alpha value is -0.570. The van der Waals surface area contributed by atoms with E-state index >= 15 is 0 Å². The zero-order valence-electron chi connectivity index (χ0n) is 11.5. The summed E-state index contributed by atoms with van der Waals surface area (Å²) in [6, 6.07) is 0. The minimum Gasteiger partial charge on any atom is -0.465 e. The van der Waals surface area contributed by atoms with Gasteiger partial charge in [0.1, 0.15) is 0 Å². The third kappa shape index (κ3) is 2.49. The quantitative estimate of drug-likeness (QED) is 0.692. The lowest BCUT2D eigenvalue weighted by molar-refractivity contribution is -0.175. The van der Waals surface area contributed by atoms with Gasteiger partial charge in [0.2, 0.25) is 0 Å². The maximum absolute atomic E-state index is 11.8. The molecule has 2 aliphatic rings. The summed E-state index contributed by atoms with van der Waals surface area (Å²) >= 11 is 0. The topological polar surface area (TPSA) is 29.5 Å². The number of esters is 1. The predicted octanol–water partition coefficient (Wildman–Crippen LogP) is 2.16. The first-order valence-corrected chi connectivity index (χ1v) is 6.81. The minimum absolute atomic E-state index is 0.00365. The van der Waals surface area contributed by atoms with Gasteiger partial charge in [-0.3, -0.25) is 4.79 Å². The molecule has 0 spiro atoms. The van der Waals surface area contributed by atoms with Gasteiger partial charge >= 0.3 is 5.97 Å². The van der Waals surface area contributed by atoms with E-state index in [4.69, 9.17) is 4.74 Å². The summed E-state index contributed by atoms with van der Waals surface area (Å²) in [5.74, 6) is 1.75. The Morgan fingerprint density at radius 2 is 2.18 bits per heavy atom. The Morgan fingerprint density at radius 3 is 2.82 bits per heavy atom. The second kappa shape index (κ2) is 4.60. The van der Waals surface area contributed by atoms with E-state index in [2.05, 4.69) is 18.7 Å². The lowest BCUT2D eigenvalue weighted by Gasteiger charge is -2.48. The molecule has 2 atom stereocenters. The lowest BCUT2D eigenvalue weighted by atomic mass is 9.67. The molecule has 0 amide bonds. The zero-order valence-corrected chi connectivity index (χ0v) is 11.5. The van der Waals surface area contributed by atoms with Gasteiger partial charge in [0.05, 0.1) is 12.0 Å². The highest BCUT2D eigenvalue weighted by atomic mass is 16.5. The molecule has 0 N–H and O–H groups in total. The van der Waals surface area contributed by atoms with Crippen molar-refractivity contribution >= 4 is 5.97 Å². The molecule has 2 saturated heterocycles. The number of carbonyl (C=O) groups is 1. The lowest BCUT2D eigenvalue weighted by Crippen LogP contribution is -2.54. The number of hydrogen-bond acceptors (Lipinski definition) is 3. The van der Waals surface area contributed by atoms with E-state index in [0.29, 0.717) is 24.4 Å². The van der Waals surface area contributed by atoms with Gasteiger partial charge in [0.15, 0.2) is 0 Å². The molecule has 0 radical (unpaired) electrons. The molecule has 0 aliphatic carbocycles. The molecule has 3 heteroatoms. The summed E-state index contributed by atoms with van der Waals surface area (Å²) in [7, 11) is 0. The SMILES string of the molecule is CC(C)CN1CCC2C(COC(=O)C2(C)C)C1. The van der Waals surface area contributed by atoms with Crippen LogP contribution in [0.4, 0.5) is 0 Å². The van der Waals surface area contributed by atoms with E-state index in [1.54, 1.807) is 0 Å². The highest BCUT2D eigenvalue weighted by Crippen LogP contribution is 2.42. The fourth-order valence-electron chi connectivity index (χ4n) is 3.43. The summed E-state index contributed by atoms with van der Waals surface area (Å²) in [6.07, 6.45) is 1.14. The highest BCUT2D eigenvalue weighted by molar-refractivity contribution is 5.77. The van der Waals surface area contributed by atoms with Gasteiger partial charge in [-0.2, -0.15) is 0 Å². The molecule has 17 heavy (non-hydrogen) atoms. The summed E-state index contributed by atoms with van der Waals surface area (Å²) in [6.45, 7) is 12.6. The van der Waals surface area contributed by atoms with E-state index in [1.807, 2.05) is 13.8 Å². The summed E-state index contributed by atoms with van der Waals surface area (Å²) < 4.78 is 5.35. The number of fused-ring (bicyclic) bond motifs is 1. The molecule has 3 nitrogen and oxygen atoms in total. The van der Waals surface area contributed by atoms with Crippen LogP contribution >= 0.6 is 0 Å². The molecule has 0 aromatic carbocycles. The van der Waals surface area contributed by atoms with Crippen molar-refractivity contribution < 1.29 is 9.53 Å². The van der Waals surface area contributed by atoms with Crippen molar-refractivity contribution in [3.63, 3.8) is 0 Å². The maximum Gasteiger partial charge on any atom is 0.311 e. The van der Waals surface area contributed by atoms with Gasteiger partial charge in [0, 0.05) is 19.0 Å². The van der Waals surface area contributed by atoms with Gasteiger partial charge in [-0.1, -0.05) is 13.8 Å². The molecule has 2 heterocycles. The van der Waals surface area contributed by atoms with Crippen LogP contribution in [0, 0.1) is 23.2 Å². The second-order valence-electron chi connectivity index (χ2n) is 6.63. The number of hydrogen-bond donors (Lipinski definition) is 0. The molecular weight excluding hydrogens is 214 g/mol. The van der Waals surface area contributed by atoms with Crippen molar-refractivity contribution in [1.29, 1.82) is 0 Å². The number of cyclic esters (lactones) is 1. The van der Waals surface area contributed by atoms with Crippen LogP contribution in [0.3, 0.4) is 0 Å². The molecule has 98 valence electrons. The molecule has 0 saturated carbocycles. The molecule has 0 aromatic rings. The van der Waals surface area contributed by atoms with Crippen LogP contribution in [-0.2, 0) is 9.53 Å². The van der Waals surface area contributed by atoms with E-state index in [0.717, 1.165) is 26.1 Å². The molecule has 0 aromatic heterocycles. The highest BCUT2D eigenvalue weighted by Gasteiger charge is 2.48. The number of nitrogens with zero attached hydrogens (tertiary/aromatic N) is 1. The third-order valence-corrected chi connectivity index (χ3v) is 4.32. The van der Waals surface area contributed by atoms with Gasteiger partial charge in [-0.15, -0.1) is 0 Å². The first-order chi connectivity index (χ1) is 7.91. The van der Waals surface area contributed by atoms with Crippen LogP contribution in [0.1, 0.15) is 34.1 Å². The Bertz CT molecular complexity index is 299. The van der Waals surface area contributed by atoms with E-state index < -0.39 is 0 Å². The number of piperidine rings is 1. The van der Waals surface area contributed by atoms with Crippen molar-refractivity contribution in [2.75, 3.05) is 26.2 Å². The first kappa shape index (κ1) is 12.9. The molecule has 2 rings (SSSR count). The van der Waals surface area contributed by atoms with Crippen molar-refractivity contribution in [3.8, 4) is 0 Å². The van der Waals surface area contributed by atoms with Crippen molar-refractivity contribution in [2.24, 2.45) is 23.2 Å². The standard InChI is InChI=1S/C14H25NO2/c1-10(2)7-15-6-5-12-11(8-15)9-17-13(16)14(12,3)4/h10-12H,5-9H2,1-4H3. The van der Waals surface area contributed by atoms with E-state index in [-0.39, 0.29) is 11.4 Å². The van der Waals surface area contributed by atoms with Crippen LogP contribution in [0.25, 0.3) is 0 Å². The van der Waals surface area contributed by atoms with Gasteiger partial charge in [-0.25, -0.2) is 0 Å². The first-order valence-electron chi connectivity index (χ1n) is 6.81. The normalized spacial score (nSPS) is 33.4. The molecule has 2 unspecified atom stereocenters. The van der Waals surface area contributed by atoms with Gasteiger partial charge < -0.3 is 9.64 Å². The number of likely N-dealkylation sites (tertiary alicyclic amines) is 1. The molecule has 2 aliphatic heterocycles. The Morgan fingerprint density at radius 1 is 1.47 bits per heavy atom.